The first kappa shape index (κ1) is 34.5. The summed E-state index contributed by atoms with van der Waals surface area (Å²) in [5.41, 5.74) is 13.8. The molecule has 0 aliphatic heterocycles. The van der Waals surface area contributed by atoms with Gasteiger partial charge in [-0.05, 0) is 71.7 Å². The molecule has 1 atom stereocenters. The lowest BCUT2D eigenvalue weighted by Gasteiger charge is -2.37. The predicted octanol–water partition coefficient (Wildman–Crippen LogP) is 6.42. The molecule has 0 fully saturated rings. The van der Waals surface area contributed by atoms with Crippen LogP contribution in [0.15, 0.2) is 133 Å². The molecule has 0 unspecified atom stereocenters. The van der Waals surface area contributed by atoms with Crippen molar-refractivity contribution in [3.63, 3.8) is 0 Å². The first-order chi connectivity index (χ1) is 24.4. The van der Waals surface area contributed by atoms with E-state index in [1.54, 1.807) is 0 Å². The molecule has 0 spiro atoms. The number of carbonyl (C=O) groups excluding carboxylic acids is 3. The number of nitrogens with one attached hydrogen (secondary N) is 2. The minimum Gasteiger partial charge on any atom is -0.459 e. The number of ether oxygens (including phenoxy) is 1. The molecule has 1 aliphatic carbocycles. The van der Waals surface area contributed by atoms with Gasteiger partial charge in [-0.2, -0.15) is 0 Å². The van der Waals surface area contributed by atoms with Gasteiger partial charge in [-0.1, -0.05) is 139 Å². The molecule has 7 heteroatoms. The number of hydrogen-bond acceptors (Lipinski definition) is 6. The lowest BCUT2D eigenvalue weighted by atomic mass is 9.76. The largest absolute Gasteiger partial charge is 0.459 e. The van der Waals surface area contributed by atoms with Crippen LogP contribution in [-0.2, 0) is 24.7 Å². The number of Topliss-reactive ketones (excluding diaryl/α,β-unsaturated/α-hetero) is 1. The quantitative estimate of drug-likeness (QED) is 0.0516. The van der Waals surface area contributed by atoms with E-state index in [1.807, 2.05) is 72.8 Å². The Kier molecular flexibility index (Phi) is 11.0. The molecule has 0 radical (unpaired) electrons. The van der Waals surface area contributed by atoms with Crippen molar-refractivity contribution < 1.29 is 19.1 Å². The molecule has 0 saturated heterocycles. The van der Waals surface area contributed by atoms with Gasteiger partial charge in [0.15, 0.2) is 0 Å². The van der Waals surface area contributed by atoms with Crippen LogP contribution in [0.1, 0.15) is 58.6 Å². The number of ketones is 1. The van der Waals surface area contributed by atoms with Gasteiger partial charge in [0.1, 0.15) is 6.61 Å². The van der Waals surface area contributed by atoms with Crippen LogP contribution < -0.4 is 16.4 Å². The van der Waals surface area contributed by atoms with Gasteiger partial charge in [0.05, 0.1) is 18.1 Å². The second-order valence-electron chi connectivity index (χ2n) is 12.8. The van der Waals surface area contributed by atoms with Crippen LogP contribution >= 0.6 is 0 Å². The summed E-state index contributed by atoms with van der Waals surface area (Å²) in [4.78, 5) is 39.0. The van der Waals surface area contributed by atoms with Crippen LogP contribution in [0.25, 0.3) is 11.1 Å². The van der Waals surface area contributed by atoms with Crippen molar-refractivity contribution in [1.82, 2.24) is 10.6 Å². The minimum atomic E-state index is -1.04. The zero-order valence-electron chi connectivity index (χ0n) is 28.3. The first-order valence-corrected chi connectivity index (χ1v) is 17.2. The molecule has 1 aliphatic rings. The van der Waals surface area contributed by atoms with Crippen molar-refractivity contribution in [1.29, 1.82) is 0 Å². The smallest absolute Gasteiger partial charge is 0.376 e. The zero-order chi connectivity index (χ0) is 34.9. The summed E-state index contributed by atoms with van der Waals surface area (Å²) in [7, 11) is 0. The van der Waals surface area contributed by atoms with Gasteiger partial charge < -0.3 is 15.8 Å². The summed E-state index contributed by atoms with van der Waals surface area (Å²) < 4.78 is 5.64. The predicted molar refractivity (Wildman–Crippen MR) is 196 cm³/mol. The number of nitrogens with two attached hydrogens (primary N) is 1. The van der Waals surface area contributed by atoms with Crippen molar-refractivity contribution >= 4 is 17.7 Å². The summed E-state index contributed by atoms with van der Waals surface area (Å²) >= 11 is 0. The van der Waals surface area contributed by atoms with Crippen LogP contribution in [0.3, 0.4) is 0 Å². The number of amides is 1. The molecule has 0 heterocycles. The van der Waals surface area contributed by atoms with E-state index in [2.05, 4.69) is 78.2 Å². The number of unbranched alkanes of at least 4 members (excludes halogenated alkanes) is 1. The van der Waals surface area contributed by atoms with Crippen molar-refractivity contribution in [3.8, 4) is 11.1 Å². The van der Waals surface area contributed by atoms with Crippen LogP contribution in [0, 0.1) is 6.92 Å². The molecule has 6 rings (SSSR count). The molecule has 50 heavy (non-hydrogen) atoms. The van der Waals surface area contributed by atoms with Crippen molar-refractivity contribution in [3.05, 3.63) is 167 Å². The van der Waals surface area contributed by atoms with Gasteiger partial charge in [-0.25, -0.2) is 4.79 Å². The highest BCUT2D eigenvalue weighted by molar-refractivity contribution is 6.36. The Hall–Kier alpha value is -5.37. The number of hydrogen-bond donors (Lipinski definition) is 3. The Labute approximate surface area is 293 Å². The third kappa shape index (κ3) is 7.30. The second-order valence-corrected chi connectivity index (χ2v) is 12.8. The lowest BCUT2D eigenvalue weighted by molar-refractivity contribution is -0.155. The average Bonchev–Trinajstić information content (AvgIpc) is 3.49. The van der Waals surface area contributed by atoms with Crippen LogP contribution in [0.2, 0.25) is 0 Å². The van der Waals surface area contributed by atoms with E-state index in [-0.39, 0.29) is 25.5 Å². The molecular weight excluding hydrogens is 622 g/mol. The van der Waals surface area contributed by atoms with Gasteiger partial charge in [-0.3, -0.25) is 14.9 Å². The number of fused-ring (bicyclic) bond motifs is 3. The third-order valence-electron chi connectivity index (χ3n) is 9.59. The van der Waals surface area contributed by atoms with E-state index < -0.39 is 29.2 Å². The number of rotatable bonds is 15. The summed E-state index contributed by atoms with van der Waals surface area (Å²) in [6.07, 6.45) is 1.52. The maximum Gasteiger partial charge on any atom is 0.376 e. The number of aryl methyl sites for hydroxylation is 1. The zero-order valence-corrected chi connectivity index (χ0v) is 28.3. The molecule has 5 aromatic rings. The standard InChI is InChI=1S/C43H43N3O4/c1-30-23-25-33(26-24-30)43(31-14-4-2-5-15-31,32-16-6-3-7-17-32)45-27-13-12-22-39(46-40(47)28-44)41(48)42(49)50-29-38-36-20-10-8-18-34(36)35-19-9-11-21-37(35)38/h2-11,14-21,23-26,38-39,45H,12-13,22,27-29,44H2,1H3,(H,46,47)/t39-/m0/s1. The number of esters is 1. The van der Waals surface area contributed by atoms with E-state index >= 15 is 0 Å². The number of benzene rings is 5. The molecule has 4 N–H and O–H groups in total. The van der Waals surface area contributed by atoms with E-state index in [9.17, 15) is 14.4 Å². The van der Waals surface area contributed by atoms with Gasteiger partial charge in [-0.15, -0.1) is 0 Å². The highest BCUT2D eigenvalue weighted by Crippen LogP contribution is 2.44. The SMILES string of the molecule is Cc1ccc(C(NCCCC[C@H](NC(=O)CN)C(=O)C(=O)OCC2c3ccccc3-c3ccccc32)(c2ccccc2)c2ccccc2)cc1. The highest BCUT2D eigenvalue weighted by atomic mass is 16.5. The maximum atomic E-state index is 13.5. The normalized spacial score (nSPS) is 12.8. The van der Waals surface area contributed by atoms with Crippen LogP contribution in [0.4, 0.5) is 0 Å². The fraction of sp³-hybridized carbons (Fsp3) is 0.233. The van der Waals surface area contributed by atoms with Gasteiger partial charge in [0.2, 0.25) is 5.91 Å². The summed E-state index contributed by atoms with van der Waals surface area (Å²) in [5, 5.41) is 6.53. The summed E-state index contributed by atoms with van der Waals surface area (Å²) in [6, 6.07) is 44.3. The van der Waals surface area contributed by atoms with Crippen LogP contribution in [0.5, 0.6) is 0 Å². The van der Waals surface area contributed by atoms with E-state index in [0.717, 1.165) is 38.9 Å². The molecule has 254 valence electrons. The first-order valence-electron chi connectivity index (χ1n) is 17.2. The lowest BCUT2D eigenvalue weighted by Crippen LogP contribution is -2.47. The molecule has 0 saturated carbocycles. The Morgan fingerprint density at radius 3 is 1.78 bits per heavy atom. The number of carbonyl (C=O) groups is 3. The Balaban J connectivity index is 1.13. The third-order valence-corrected chi connectivity index (χ3v) is 9.59. The van der Waals surface area contributed by atoms with Gasteiger partial charge in [0, 0.05) is 5.92 Å². The Morgan fingerprint density at radius 2 is 1.22 bits per heavy atom. The summed E-state index contributed by atoms with van der Waals surface area (Å²) in [5.74, 6) is -2.41. The van der Waals surface area contributed by atoms with E-state index in [4.69, 9.17) is 10.5 Å². The molecule has 1 amide bonds. The fourth-order valence-corrected chi connectivity index (χ4v) is 7.07. The average molecular weight is 666 g/mol. The molecular formula is C43H43N3O4. The summed E-state index contributed by atoms with van der Waals surface area (Å²) in [6.45, 7) is 2.42. The topological polar surface area (TPSA) is 111 Å². The molecule has 0 aromatic heterocycles. The van der Waals surface area contributed by atoms with Gasteiger partial charge >= 0.3 is 5.97 Å². The van der Waals surface area contributed by atoms with E-state index in [1.165, 1.54) is 5.56 Å². The molecule has 7 nitrogen and oxygen atoms in total. The highest BCUT2D eigenvalue weighted by Gasteiger charge is 2.36. The van der Waals surface area contributed by atoms with Crippen LogP contribution in [-0.4, -0.2) is 43.4 Å². The molecule has 5 aromatic carbocycles. The van der Waals surface area contributed by atoms with Crippen molar-refractivity contribution in [2.24, 2.45) is 5.73 Å². The maximum absolute atomic E-state index is 13.5. The van der Waals surface area contributed by atoms with E-state index in [0.29, 0.717) is 19.4 Å². The minimum absolute atomic E-state index is 0.0279. The Bertz CT molecular complexity index is 1840. The fourth-order valence-electron chi connectivity index (χ4n) is 7.07. The molecule has 0 bridgehead atoms. The van der Waals surface area contributed by atoms with Gasteiger partial charge in [0.25, 0.3) is 5.78 Å². The van der Waals surface area contributed by atoms with Crippen molar-refractivity contribution in [2.75, 3.05) is 19.7 Å². The van der Waals surface area contributed by atoms with Crippen molar-refractivity contribution in [2.45, 2.75) is 43.7 Å². The monoisotopic (exact) mass is 665 g/mol. The Morgan fingerprint density at radius 1 is 0.700 bits per heavy atom. The second kappa shape index (κ2) is 15.9.